The Balaban J connectivity index is 1.93. The molecule has 144 valence electrons. The predicted octanol–water partition coefficient (Wildman–Crippen LogP) is 2.44. The molecule has 1 fully saturated rings. The highest BCUT2D eigenvalue weighted by Crippen LogP contribution is 2.27. The lowest BCUT2D eigenvalue weighted by molar-refractivity contribution is 0.433. The van der Waals surface area contributed by atoms with Gasteiger partial charge in [0.25, 0.3) is 5.56 Å². The van der Waals surface area contributed by atoms with Crippen LogP contribution < -0.4 is 5.56 Å². The van der Waals surface area contributed by atoms with Crippen molar-refractivity contribution >= 4 is 26.8 Å². The van der Waals surface area contributed by atoms with E-state index in [0.717, 1.165) is 4.57 Å². The first-order valence-electron chi connectivity index (χ1n) is 8.72. The molecule has 0 unspecified atom stereocenters. The topological polar surface area (TPSA) is 88.7 Å². The Hall–Kier alpha value is -3.00. The Morgan fingerprint density at radius 1 is 1.11 bits per heavy atom. The van der Waals surface area contributed by atoms with E-state index >= 15 is 0 Å². The van der Waals surface area contributed by atoms with Crippen molar-refractivity contribution in [3.63, 3.8) is 0 Å². The van der Waals surface area contributed by atoms with E-state index in [0.29, 0.717) is 17.2 Å². The van der Waals surface area contributed by atoms with Crippen LogP contribution in [0.1, 0.15) is 12.0 Å². The first-order valence-corrected chi connectivity index (χ1v) is 10.5. The van der Waals surface area contributed by atoms with Crippen LogP contribution in [0.5, 0.6) is 5.88 Å². The SMILES string of the molecule is O=c1c2ccccc2c(C=N[C@@H]2CCS(=O)(=O)C2)c(O)n1-c1ccccc1F. The summed E-state index contributed by atoms with van der Waals surface area (Å²) in [5.74, 6) is -1.07. The molecule has 0 spiro atoms. The molecule has 0 aliphatic carbocycles. The Morgan fingerprint density at radius 2 is 1.79 bits per heavy atom. The second-order valence-electron chi connectivity index (χ2n) is 6.71. The summed E-state index contributed by atoms with van der Waals surface area (Å²) in [7, 11) is -3.10. The van der Waals surface area contributed by atoms with Gasteiger partial charge in [0.2, 0.25) is 5.88 Å². The fraction of sp³-hybridized carbons (Fsp3) is 0.200. The second kappa shape index (κ2) is 6.87. The second-order valence-corrected chi connectivity index (χ2v) is 8.94. The van der Waals surface area contributed by atoms with Crippen molar-refractivity contribution in [1.82, 2.24) is 4.57 Å². The zero-order valence-corrected chi connectivity index (χ0v) is 15.6. The van der Waals surface area contributed by atoms with E-state index in [1.165, 1.54) is 24.4 Å². The van der Waals surface area contributed by atoms with E-state index in [-0.39, 0.29) is 22.8 Å². The largest absolute Gasteiger partial charge is 0.494 e. The van der Waals surface area contributed by atoms with E-state index in [4.69, 9.17) is 0 Å². The van der Waals surface area contributed by atoms with E-state index in [9.17, 15) is 22.7 Å². The Bertz CT molecular complexity index is 1260. The third-order valence-electron chi connectivity index (χ3n) is 4.82. The van der Waals surface area contributed by atoms with Gasteiger partial charge in [0.15, 0.2) is 9.84 Å². The van der Waals surface area contributed by atoms with Gasteiger partial charge in [-0.2, -0.15) is 0 Å². The fourth-order valence-corrected chi connectivity index (χ4v) is 5.06. The minimum absolute atomic E-state index is 0.0465. The van der Waals surface area contributed by atoms with Crippen molar-refractivity contribution < 1.29 is 17.9 Å². The highest BCUT2D eigenvalue weighted by atomic mass is 32.2. The molecule has 0 amide bonds. The number of rotatable bonds is 3. The van der Waals surface area contributed by atoms with Crippen LogP contribution in [0.4, 0.5) is 4.39 Å². The van der Waals surface area contributed by atoms with Gasteiger partial charge >= 0.3 is 0 Å². The third kappa shape index (κ3) is 3.20. The van der Waals surface area contributed by atoms with Crippen LogP contribution in [0.25, 0.3) is 16.5 Å². The minimum Gasteiger partial charge on any atom is -0.494 e. The number of fused-ring (bicyclic) bond motifs is 1. The average molecular weight is 400 g/mol. The molecule has 1 aliphatic heterocycles. The monoisotopic (exact) mass is 400 g/mol. The van der Waals surface area contributed by atoms with Gasteiger partial charge in [-0.15, -0.1) is 0 Å². The third-order valence-corrected chi connectivity index (χ3v) is 6.57. The Labute approximate surface area is 160 Å². The molecular weight excluding hydrogens is 383 g/mol. The smallest absolute Gasteiger partial charge is 0.265 e. The quantitative estimate of drug-likeness (QED) is 0.684. The highest BCUT2D eigenvalue weighted by molar-refractivity contribution is 7.91. The van der Waals surface area contributed by atoms with Crippen molar-refractivity contribution in [2.24, 2.45) is 4.99 Å². The van der Waals surface area contributed by atoms with Crippen LogP contribution in [-0.4, -0.2) is 41.9 Å². The normalized spacial score (nSPS) is 18.8. The van der Waals surface area contributed by atoms with Gasteiger partial charge in [0.05, 0.1) is 28.8 Å². The minimum atomic E-state index is -3.10. The van der Waals surface area contributed by atoms with Gasteiger partial charge in [0.1, 0.15) is 5.82 Å². The van der Waals surface area contributed by atoms with Crippen molar-refractivity contribution in [1.29, 1.82) is 0 Å². The molecule has 3 aromatic rings. The molecule has 8 heteroatoms. The summed E-state index contributed by atoms with van der Waals surface area (Å²) in [4.78, 5) is 17.2. The number of nitrogens with zero attached hydrogens (tertiary/aromatic N) is 2. The molecule has 0 saturated carbocycles. The maximum Gasteiger partial charge on any atom is 0.265 e. The number of aromatic nitrogens is 1. The number of aromatic hydroxyl groups is 1. The lowest BCUT2D eigenvalue weighted by atomic mass is 10.1. The van der Waals surface area contributed by atoms with Gasteiger partial charge in [0, 0.05) is 17.0 Å². The zero-order chi connectivity index (χ0) is 19.9. The molecule has 1 atom stereocenters. The van der Waals surface area contributed by atoms with E-state index in [1.54, 1.807) is 30.3 Å². The average Bonchev–Trinajstić information content (AvgIpc) is 3.02. The van der Waals surface area contributed by atoms with Crippen molar-refractivity contribution in [2.45, 2.75) is 12.5 Å². The summed E-state index contributed by atoms with van der Waals surface area (Å²) < 4.78 is 38.5. The molecule has 0 radical (unpaired) electrons. The first kappa shape index (κ1) is 18.4. The summed E-state index contributed by atoms with van der Waals surface area (Å²) >= 11 is 0. The number of halogens is 1. The molecule has 0 bridgehead atoms. The first-order chi connectivity index (χ1) is 13.4. The zero-order valence-electron chi connectivity index (χ0n) is 14.7. The van der Waals surface area contributed by atoms with Crippen LogP contribution in [0.3, 0.4) is 0 Å². The Morgan fingerprint density at radius 3 is 2.46 bits per heavy atom. The number of hydrogen-bond acceptors (Lipinski definition) is 5. The van der Waals surface area contributed by atoms with Gasteiger partial charge < -0.3 is 5.11 Å². The van der Waals surface area contributed by atoms with Crippen LogP contribution in [-0.2, 0) is 9.84 Å². The molecule has 2 heterocycles. The molecule has 2 aromatic carbocycles. The van der Waals surface area contributed by atoms with Crippen LogP contribution in [0.2, 0.25) is 0 Å². The number of sulfone groups is 1. The summed E-state index contributed by atoms with van der Waals surface area (Å²) in [5.41, 5.74) is -0.393. The maximum absolute atomic E-state index is 14.3. The summed E-state index contributed by atoms with van der Waals surface area (Å²) in [6.45, 7) is 0. The van der Waals surface area contributed by atoms with Gasteiger partial charge in [-0.1, -0.05) is 30.3 Å². The number of para-hydroxylation sites is 1. The maximum atomic E-state index is 14.3. The molecule has 28 heavy (non-hydrogen) atoms. The molecule has 1 aliphatic rings. The van der Waals surface area contributed by atoms with Crippen LogP contribution in [0.15, 0.2) is 58.3 Å². The number of pyridine rings is 1. The predicted molar refractivity (Wildman–Crippen MR) is 106 cm³/mol. The highest BCUT2D eigenvalue weighted by Gasteiger charge is 2.27. The van der Waals surface area contributed by atoms with E-state index in [2.05, 4.69) is 4.99 Å². The number of benzene rings is 2. The summed E-state index contributed by atoms with van der Waals surface area (Å²) in [5, 5.41) is 11.6. The molecule has 1 saturated heterocycles. The molecule has 6 nitrogen and oxygen atoms in total. The molecule has 1 N–H and O–H groups in total. The lowest BCUT2D eigenvalue weighted by Crippen LogP contribution is -2.21. The van der Waals surface area contributed by atoms with Gasteiger partial charge in [-0.05, 0) is 24.6 Å². The number of aliphatic imine (C=N–C) groups is 1. The molecule has 1 aromatic heterocycles. The Kier molecular flexibility index (Phi) is 4.50. The van der Waals surface area contributed by atoms with E-state index < -0.39 is 33.1 Å². The molecule has 4 rings (SSSR count). The standard InChI is InChI=1S/C20H17FN2O4S/c21-17-7-3-4-8-18(17)23-19(24)15-6-2-1-5-14(15)16(20(23)25)11-22-13-9-10-28(26,27)12-13/h1-8,11,13,25H,9-10,12H2/t13-/m1/s1. The van der Waals surface area contributed by atoms with Crippen LogP contribution in [0, 0.1) is 5.82 Å². The van der Waals surface area contributed by atoms with E-state index in [1.807, 2.05) is 0 Å². The van der Waals surface area contributed by atoms with Crippen molar-refractivity contribution in [3.8, 4) is 11.6 Å². The van der Waals surface area contributed by atoms with Gasteiger partial charge in [-0.25, -0.2) is 17.4 Å². The molecular formula is C20H17FN2O4S. The fourth-order valence-electron chi connectivity index (χ4n) is 3.42. The van der Waals surface area contributed by atoms with Crippen LogP contribution >= 0.6 is 0 Å². The lowest BCUT2D eigenvalue weighted by Gasteiger charge is -2.14. The van der Waals surface area contributed by atoms with Crippen molar-refractivity contribution in [2.75, 3.05) is 11.5 Å². The number of hydrogen-bond donors (Lipinski definition) is 1. The van der Waals surface area contributed by atoms with Gasteiger partial charge in [-0.3, -0.25) is 9.79 Å². The van der Waals surface area contributed by atoms with Crippen molar-refractivity contribution in [3.05, 3.63) is 70.3 Å². The summed E-state index contributed by atoms with van der Waals surface area (Å²) in [6, 6.07) is 11.9. The summed E-state index contributed by atoms with van der Waals surface area (Å²) in [6.07, 6.45) is 1.78.